The van der Waals surface area contributed by atoms with Gasteiger partial charge in [0.05, 0.1) is 13.2 Å². The molecule has 0 amide bonds. The lowest BCUT2D eigenvalue weighted by molar-refractivity contribution is 0.0671. The first-order valence-corrected chi connectivity index (χ1v) is 6.84. The van der Waals surface area contributed by atoms with Crippen LogP contribution in [0, 0.1) is 0 Å². The van der Waals surface area contributed by atoms with Crippen molar-refractivity contribution in [2.45, 2.75) is 45.4 Å². The third kappa shape index (κ3) is 3.99. The number of hydrogen-bond acceptors (Lipinski definition) is 5. The van der Waals surface area contributed by atoms with Crippen molar-refractivity contribution in [1.82, 2.24) is 25.0 Å². The summed E-state index contributed by atoms with van der Waals surface area (Å²) in [6.07, 6.45) is 1.81. The largest absolute Gasteiger partial charge is 0.383 e. The van der Waals surface area contributed by atoms with Gasteiger partial charge in [0.1, 0.15) is 12.2 Å². The SMILES string of the molecule is COCC(CNC(C)(C)C)N1CCn2cnnc2C1. The fourth-order valence-corrected chi connectivity index (χ4v) is 2.31. The van der Waals surface area contributed by atoms with E-state index in [-0.39, 0.29) is 5.54 Å². The summed E-state index contributed by atoms with van der Waals surface area (Å²) in [6.45, 7) is 11.0. The van der Waals surface area contributed by atoms with Crippen molar-refractivity contribution in [3.63, 3.8) is 0 Å². The summed E-state index contributed by atoms with van der Waals surface area (Å²) in [7, 11) is 1.76. The molecule has 1 aromatic rings. The normalized spacial score (nSPS) is 18.3. The van der Waals surface area contributed by atoms with Crippen LogP contribution in [0.25, 0.3) is 0 Å². The Morgan fingerprint density at radius 3 is 2.89 bits per heavy atom. The van der Waals surface area contributed by atoms with Gasteiger partial charge in [0.15, 0.2) is 0 Å². The molecule has 1 aromatic heterocycles. The van der Waals surface area contributed by atoms with Gasteiger partial charge >= 0.3 is 0 Å². The first kappa shape index (κ1) is 14.4. The average molecular weight is 267 g/mol. The molecule has 1 aliphatic rings. The van der Waals surface area contributed by atoms with Crippen molar-refractivity contribution in [3.8, 4) is 0 Å². The maximum atomic E-state index is 5.37. The molecule has 0 bridgehead atoms. The van der Waals surface area contributed by atoms with Gasteiger partial charge in [-0.25, -0.2) is 0 Å². The van der Waals surface area contributed by atoms with E-state index in [1.54, 1.807) is 7.11 Å². The smallest absolute Gasteiger partial charge is 0.147 e. The van der Waals surface area contributed by atoms with Crippen LogP contribution in [-0.4, -0.2) is 58.1 Å². The molecule has 0 aliphatic carbocycles. The Morgan fingerprint density at radius 2 is 2.21 bits per heavy atom. The molecule has 0 saturated carbocycles. The molecule has 0 aromatic carbocycles. The molecule has 2 heterocycles. The van der Waals surface area contributed by atoms with Gasteiger partial charge in [0, 0.05) is 38.3 Å². The van der Waals surface area contributed by atoms with Crippen molar-refractivity contribution in [3.05, 3.63) is 12.2 Å². The van der Waals surface area contributed by atoms with Crippen molar-refractivity contribution in [1.29, 1.82) is 0 Å². The van der Waals surface area contributed by atoms with E-state index in [1.807, 2.05) is 6.33 Å². The second-order valence-corrected chi connectivity index (χ2v) is 6.15. The fraction of sp³-hybridized carbons (Fsp3) is 0.846. The van der Waals surface area contributed by atoms with Crippen LogP contribution >= 0.6 is 0 Å². The van der Waals surface area contributed by atoms with E-state index >= 15 is 0 Å². The summed E-state index contributed by atoms with van der Waals surface area (Å²) >= 11 is 0. The molecule has 1 N–H and O–H groups in total. The number of nitrogens with one attached hydrogen (secondary N) is 1. The molecule has 0 radical (unpaired) electrons. The molecule has 1 atom stereocenters. The molecule has 1 unspecified atom stereocenters. The van der Waals surface area contributed by atoms with E-state index < -0.39 is 0 Å². The number of methoxy groups -OCH3 is 1. The van der Waals surface area contributed by atoms with Crippen molar-refractivity contribution >= 4 is 0 Å². The minimum Gasteiger partial charge on any atom is -0.383 e. The summed E-state index contributed by atoms with van der Waals surface area (Å²) in [5.74, 6) is 1.04. The van der Waals surface area contributed by atoms with Crippen LogP contribution in [0.4, 0.5) is 0 Å². The zero-order valence-electron chi connectivity index (χ0n) is 12.4. The second-order valence-electron chi connectivity index (χ2n) is 6.15. The second kappa shape index (κ2) is 5.98. The van der Waals surface area contributed by atoms with Crippen LogP contribution < -0.4 is 5.32 Å². The molecular formula is C13H25N5O. The molecule has 1 aliphatic heterocycles. The molecule has 6 heteroatoms. The van der Waals surface area contributed by atoms with Crippen LogP contribution in [0.5, 0.6) is 0 Å². The summed E-state index contributed by atoms with van der Waals surface area (Å²) < 4.78 is 7.49. The number of hydrogen-bond donors (Lipinski definition) is 1. The Balaban J connectivity index is 1.96. The number of fused-ring (bicyclic) bond motifs is 1. The highest BCUT2D eigenvalue weighted by Crippen LogP contribution is 2.13. The van der Waals surface area contributed by atoms with Gasteiger partial charge in [0.25, 0.3) is 0 Å². The van der Waals surface area contributed by atoms with Crippen LogP contribution in [0.15, 0.2) is 6.33 Å². The Hall–Kier alpha value is -0.980. The van der Waals surface area contributed by atoms with Gasteiger partial charge in [-0.05, 0) is 20.8 Å². The predicted molar refractivity (Wildman–Crippen MR) is 73.9 cm³/mol. The summed E-state index contributed by atoms with van der Waals surface area (Å²) in [5.41, 5.74) is 0.127. The minimum absolute atomic E-state index is 0.127. The monoisotopic (exact) mass is 267 g/mol. The van der Waals surface area contributed by atoms with Gasteiger partial charge in [-0.2, -0.15) is 0 Å². The number of ether oxygens (including phenoxy) is 1. The Labute approximate surface area is 115 Å². The van der Waals surface area contributed by atoms with Crippen molar-refractivity contribution in [2.24, 2.45) is 0 Å². The third-order valence-corrected chi connectivity index (χ3v) is 3.41. The van der Waals surface area contributed by atoms with Gasteiger partial charge in [-0.15, -0.1) is 10.2 Å². The Bertz CT molecular complexity index is 398. The molecular weight excluding hydrogens is 242 g/mol. The standard InChI is InChI=1S/C13H25N5O/c1-13(2,3)14-7-11(9-19-4)17-5-6-18-10-15-16-12(18)8-17/h10-11,14H,5-9H2,1-4H3. The number of rotatable bonds is 5. The van der Waals surface area contributed by atoms with Crippen LogP contribution in [0.2, 0.25) is 0 Å². The topological polar surface area (TPSA) is 55.2 Å². The van der Waals surface area contributed by atoms with Gasteiger partial charge < -0.3 is 14.6 Å². The lowest BCUT2D eigenvalue weighted by Gasteiger charge is -2.35. The minimum atomic E-state index is 0.127. The maximum Gasteiger partial charge on any atom is 0.147 e. The van der Waals surface area contributed by atoms with Crippen LogP contribution in [0.1, 0.15) is 26.6 Å². The fourth-order valence-electron chi connectivity index (χ4n) is 2.31. The molecule has 6 nitrogen and oxygen atoms in total. The zero-order chi connectivity index (χ0) is 13.9. The van der Waals surface area contributed by atoms with Crippen molar-refractivity contribution in [2.75, 3.05) is 26.8 Å². The highest BCUT2D eigenvalue weighted by molar-refractivity contribution is 4.92. The Morgan fingerprint density at radius 1 is 1.42 bits per heavy atom. The molecule has 19 heavy (non-hydrogen) atoms. The Kier molecular flexibility index (Phi) is 4.54. The van der Waals surface area contributed by atoms with E-state index in [0.29, 0.717) is 6.04 Å². The maximum absolute atomic E-state index is 5.37. The quantitative estimate of drug-likeness (QED) is 0.842. The van der Waals surface area contributed by atoms with Crippen LogP contribution in [-0.2, 0) is 17.8 Å². The third-order valence-electron chi connectivity index (χ3n) is 3.41. The summed E-state index contributed by atoms with van der Waals surface area (Å²) in [4.78, 5) is 2.42. The zero-order valence-corrected chi connectivity index (χ0v) is 12.4. The van der Waals surface area contributed by atoms with E-state index in [2.05, 4.69) is 45.8 Å². The molecule has 0 fully saturated rings. The molecule has 0 saturated heterocycles. The molecule has 108 valence electrons. The van der Waals surface area contributed by atoms with E-state index in [1.165, 1.54) is 0 Å². The lowest BCUT2D eigenvalue weighted by atomic mass is 10.1. The first-order valence-electron chi connectivity index (χ1n) is 6.84. The number of aromatic nitrogens is 3. The molecule has 0 spiro atoms. The van der Waals surface area contributed by atoms with E-state index in [0.717, 1.165) is 38.6 Å². The van der Waals surface area contributed by atoms with Crippen LogP contribution in [0.3, 0.4) is 0 Å². The highest BCUT2D eigenvalue weighted by Gasteiger charge is 2.25. The summed E-state index contributed by atoms with van der Waals surface area (Å²) in [6, 6.07) is 0.370. The van der Waals surface area contributed by atoms with E-state index in [9.17, 15) is 0 Å². The lowest BCUT2D eigenvalue weighted by Crippen LogP contribution is -2.51. The predicted octanol–water partition coefficient (Wildman–Crippen LogP) is 0.497. The van der Waals surface area contributed by atoms with E-state index in [4.69, 9.17) is 4.74 Å². The van der Waals surface area contributed by atoms with Gasteiger partial charge in [-0.3, -0.25) is 4.90 Å². The highest BCUT2D eigenvalue weighted by atomic mass is 16.5. The van der Waals surface area contributed by atoms with Gasteiger partial charge in [-0.1, -0.05) is 0 Å². The van der Waals surface area contributed by atoms with Gasteiger partial charge in [0.2, 0.25) is 0 Å². The summed E-state index contributed by atoms with van der Waals surface area (Å²) in [5, 5.41) is 11.7. The average Bonchev–Trinajstić information content (AvgIpc) is 2.80. The molecule has 2 rings (SSSR count). The first-order chi connectivity index (χ1) is 8.99. The van der Waals surface area contributed by atoms with Crippen molar-refractivity contribution < 1.29 is 4.74 Å². The number of nitrogens with zero attached hydrogens (tertiary/aromatic N) is 4.